The lowest BCUT2D eigenvalue weighted by atomic mass is 10.3. The number of fused-ring (bicyclic) bond motifs is 1. The number of pyridine rings is 2. The van der Waals surface area contributed by atoms with Gasteiger partial charge in [-0.25, -0.2) is 4.98 Å². The van der Waals surface area contributed by atoms with Crippen LogP contribution in [0.5, 0.6) is 5.75 Å². The van der Waals surface area contributed by atoms with Crippen molar-refractivity contribution in [3.05, 3.63) is 66.2 Å². The van der Waals surface area contributed by atoms with Gasteiger partial charge in [-0.15, -0.1) is 0 Å². The van der Waals surface area contributed by atoms with E-state index in [1.54, 1.807) is 18.3 Å². The molecule has 5 heteroatoms. The Kier molecular flexibility index (Phi) is 3.20. The van der Waals surface area contributed by atoms with E-state index in [0.717, 1.165) is 3.57 Å². The minimum absolute atomic E-state index is 0.0588. The fourth-order valence-corrected chi connectivity index (χ4v) is 4.08. The van der Waals surface area contributed by atoms with Crippen molar-refractivity contribution >= 4 is 11.0 Å². The van der Waals surface area contributed by atoms with Crippen LogP contribution in [0.15, 0.2) is 53.5 Å². The number of hydrogen-bond donors (Lipinski definition) is 2. The number of nitrogens with one attached hydrogen (secondary N) is 1. The fourth-order valence-electron chi connectivity index (χ4n) is 1.76. The number of aromatic hydroxyl groups is 1. The monoisotopic (exact) mass is 365 g/mol. The first kappa shape index (κ1) is 12.2. The first-order valence-electron chi connectivity index (χ1n) is 5.65. The molecule has 94 valence electrons. The SMILES string of the molecule is O=c1[nH]c2ncccc2c(O)c1[I+]c1ccccc1. The summed E-state index contributed by atoms with van der Waals surface area (Å²) in [6.07, 6.45) is 1.59. The van der Waals surface area contributed by atoms with Crippen molar-refractivity contribution in [1.29, 1.82) is 0 Å². The lowest BCUT2D eigenvalue weighted by Gasteiger charge is -1.98. The summed E-state index contributed by atoms with van der Waals surface area (Å²) in [4.78, 5) is 18.8. The topological polar surface area (TPSA) is 66.0 Å². The van der Waals surface area contributed by atoms with Crippen LogP contribution in [0.25, 0.3) is 11.0 Å². The van der Waals surface area contributed by atoms with Crippen LogP contribution in [-0.2, 0) is 0 Å². The van der Waals surface area contributed by atoms with Crippen molar-refractivity contribution in [3.63, 3.8) is 0 Å². The van der Waals surface area contributed by atoms with E-state index in [2.05, 4.69) is 9.97 Å². The number of halogens is 1. The van der Waals surface area contributed by atoms with Gasteiger partial charge in [0.15, 0.2) is 9.32 Å². The summed E-state index contributed by atoms with van der Waals surface area (Å²) in [5.41, 5.74) is 0.172. The molecule has 3 rings (SSSR count). The zero-order valence-corrected chi connectivity index (χ0v) is 12.0. The van der Waals surface area contributed by atoms with E-state index in [4.69, 9.17) is 0 Å². The van der Waals surface area contributed by atoms with E-state index in [9.17, 15) is 9.90 Å². The maximum Gasteiger partial charge on any atom is 0.368 e. The van der Waals surface area contributed by atoms with Crippen molar-refractivity contribution in [3.8, 4) is 5.75 Å². The maximum absolute atomic E-state index is 12.0. The predicted octanol–water partition coefficient (Wildman–Crippen LogP) is -1.24. The molecule has 1 aromatic carbocycles. The number of H-pyrrole nitrogens is 1. The van der Waals surface area contributed by atoms with Gasteiger partial charge < -0.3 is 10.1 Å². The van der Waals surface area contributed by atoms with Gasteiger partial charge in [-0.1, -0.05) is 18.2 Å². The van der Waals surface area contributed by atoms with Gasteiger partial charge in [0.05, 0.1) is 5.39 Å². The molecule has 0 bridgehead atoms. The predicted molar refractivity (Wildman–Crippen MR) is 67.9 cm³/mol. The van der Waals surface area contributed by atoms with Crippen LogP contribution in [0.4, 0.5) is 0 Å². The third-order valence-corrected chi connectivity index (χ3v) is 5.52. The molecule has 0 fully saturated rings. The zero-order chi connectivity index (χ0) is 13.2. The Morgan fingerprint density at radius 2 is 1.89 bits per heavy atom. The molecular weight excluding hydrogens is 355 g/mol. The molecule has 0 spiro atoms. The molecule has 0 amide bonds. The second-order valence-corrected chi connectivity index (χ2v) is 6.77. The van der Waals surface area contributed by atoms with Gasteiger partial charge in [0.25, 0.3) is 0 Å². The lowest BCUT2D eigenvalue weighted by Crippen LogP contribution is -3.62. The normalized spacial score (nSPS) is 10.7. The summed E-state index contributed by atoms with van der Waals surface area (Å²) >= 11 is -0.711. The first-order chi connectivity index (χ1) is 9.25. The van der Waals surface area contributed by atoms with Crippen molar-refractivity contribution in [2.45, 2.75) is 0 Å². The van der Waals surface area contributed by atoms with Gasteiger partial charge in [-0.05, 0) is 24.3 Å². The second kappa shape index (κ2) is 5.00. The molecule has 0 saturated heterocycles. The van der Waals surface area contributed by atoms with E-state index < -0.39 is 21.2 Å². The number of benzene rings is 1. The van der Waals surface area contributed by atoms with Crippen molar-refractivity contribution in [2.75, 3.05) is 0 Å². The number of rotatable bonds is 2. The number of nitrogens with zero attached hydrogens (tertiary/aromatic N) is 1. The largest absolute Gasteiger partial charge is 0.503 e. The molecule has 19 heavy (non-hydrogen) atoms. The Labute approximate surface area is 119 Å². The van der Waals surface area contributed by atoms with Gasteiger partial charge in [-0.2, -0.15) is 0 Å². The van der Waals surface area contributed by atoms with Crippen LogP contribution < -0.4 is 26.8 Å². The first-order valence-corrected chi connectivity index (χ1v) is 7.81. The third-order valence-electron chi connectivity index (χ3n) is 2.64. The average Bonchev–Trinajstić information content (AvgIpc) is 2.45. The van der Waals surface area contributed by atoms with E-state index in [-0.39, 0.29) is 11.3 Å². The summed E-state index contributed by atoms with van der Waals surface area (Å²) in [6.45, 7) is 0. The van der Waals surface area contributed by atoms with Gasteiger partial charge in [-0.3, -0.25) is 4.79 Å². The molecule has 0 unspecified atom stereocenters. The van der Waals surface area contributed by atoms with Crippen molar-refractivity contribution < 1.29 is 26.3 Å². The van der Waals surface area contributed by atoms with Crippen LogP contribution in [0.1, 0.15) is 0 Å². The van der Waals surface area contributed by atoms with E-state index in [0.29, 0.717) is 14.6 Å². The van der Waals surface area contributed by atoms with Gasteiger partial charge in [0.1, 0.15) is 5.65 Å². The minimum atomic E-state index is -0.711. The highest BCUT2D eigenvalue weighted by molar-refractivity contribution is 5.80. The van der Waals surface area contributed by atoms with Crippen LogP contribution in [0.3, 0.4) is 0 Å². The Balaban J connectivity index is 2.16. The Bertz CT molecular complexity index is 784. The highest BCUT2D eigenvalue weighted by Crippen LogP contribution is 2.17. The molecule has 0 atom stereocenters. The highest BCUT2D eigenvalue weighted by Gasteiger charge is 2.26. The Hall–Kier alpha value is -1.89. The molecule has 3 aromatic rings. The van der Waals surface area contributed by atoms with Gasteiger partial charge in [0.2, 0.25) is 0 Å². The van der Waals surface area contributed by atoms with Crippen LogP contribution >= 0.6 is 0 Å². The third kappa shape index (κ3) is 2.33. The molecular formula is C14H10IN2O2+. The number of hydrogen-bond acceptors (Lipinski definition) is 3. The summed E-state index contributed by atoms with van der Waals surface area (Å²) in [5.74, 6) is 0.0588. The molecule has 0 aliphatic heterocycles. The molecule has 2 heterocycles. The Morgan fingerprint density at radius 1 is 1.11 bits per heavy atom. The molecule has 0 saturated carbocycles. The highest BCUT2D eigenvalue weighted by atomic mass is 127. The fraction of sp³-hybridized carbons (Fsp3) is 0. The van der Waals surface area contributed by atoms with Gasteiger partial charge in [0, 0.05) is 6.20 Å². The van der Waals surface area contributed by atoms with Crippen molar-refractivity contribution in [2.24, 2.45) is 0 Å². The smallest absolute Gasteiger partial charge is 0.368 e. The van der Waals surface area contributed by atoms with Crippen LogP contribution in [0.2, 0.25) is 0 Å². The molecule has 2 N–H and O–H groups in total. The van der Waals surface area contributed by atoms with E-state index in [1.807, 2.05) is 30.3 Å². The summed E-state index contributed by atoms with van der Waals surface area (Å²) < 4.78 is 1.57. The zero-order valence-electron chi connectivity index (χ0n) is 9.80. The quantitative estimate of drug-likeness (QED) is 0.559. The van der Waals surface area contributed by atoms with Crippen LogP contribution in [-0.4, -0.2) is 15.1 Å². The standard InChI is InChI=1S/C14H9IN2O2/c18-12-10-7-4-8-16-13(10)17-14(19)11(12)15-9-5-2-1-3-6-9/h1-8H,(H-,16,17,18,19)/p+1. The molecule has 0 aliphatic carbocycles. The Morgan fingerprint density at radius 3 is 2.68 bits per heavy atom. The molecule has 4 nitrogen and oxygen atoms in total. The number of aromatic nitrogens is 2. The minimum Gasteiger partial charge on any atom is -0.503 e. The summed E-state index contributed by atoms with van der Waals surface area (Å²) in [7, 11) is 0. The number of aromatic amines is 1. The van der Waals surface area contributed by atoms with E-state index >= 15 is 0 Å². The van der Waals surface area contributed by atoms with Crippen LogP contribution in [0, 0.1) is 7.14 Å². The second-order valence-electron chi connectivity index (χ2n) is 3.91. The molecule has 0 aliphatic rings. The van der Waals surface area contributed by atoms with Crippen molar-refractivity contribution in [1.82, 2.24) is 9.97 Å². The lowest BCUT2D eigenvalue weighted by molar-refractivity contribution is -0.599. The summed E-state index contributed by atoms with van der Waals surface area (Å²) in [6, 6.07) is 13.2. The molecule has 2 aromatic heterocycles. The molecule has 0 radical (unpaired) electrons. The van der Waals surface area contributed by atoms with Gasteiger partial charge >= 0.3 is 30.3 Å². The maximum atomic E-state index is 12.0. The average molecular weight is 365 g/mol. The summed E-state index contributed by atoms with van der Waals surface area (Å²) in [5, 5.41) is 10.8. The van der Waals surface area contributed by atoms with E-state index in [1.165, 1.54) is 0 Å².